The minimum Gasteiger partial charge on any atom is -0.419 e. The molecule has 194 valence electrons. The maximum absolute atomic E-state index is 14.9. The molecule has 0 saturated carbocycles. The van der Waals surface area contributed by atoms with Crippen LogP contribution in [0.15, 0.2) is 97.0 Å². The van der Waals surface area contributed by atoms with Gasteiger partial charge in [0, 0.05) is 5.69 Å². The molecule has 0 N–H and O–H groups in total. The molecule has 0 bridgehead atoms. The first-order chi connectivity index (χ1) is 18.2. The molecule has 0 spiro atoms. The van der Waals surface area contributed by atoms with Crippen LogP contribution in [0.3, 0.4) is 0 Å². The highest BCUT2D eigenvalue weighted by Crippen LogP contribution is 2.49. The summed E-state index contributed by atoms with van der Waals surface area (Å²) in [5.74, 6) is 0.579. The van der Waals surface area contributed by atoms with Gasteiger partial charge in [0.1, 0.15) is 6.67 Å². The van der Waals surface area contributed by atoms with Gasteiger partial charge in [-0.05, 0) is 88.1 Å². The normalized spacial score (nSPS) is 13.6. The van der Waals surface area contributed by atoms with Crippen molar-refractivity contribution in [3.05, 3.63) is 130 Å². The van der Waals surface area contributed by atoms with Gasteiger partial charge >= 0.3 is 7.37 Å². The lowest BCUT2D eigenvalue weighted by atomic mass is 10.0. The Morgan fingerprint density at radius 1 is 0.632 bits per heavy atom. The van der Waals surface area contributed by atoms with Gasteiger partial charge in [-0.3, -0.25) is 9.46 Å². The molecule has 1 aliphatic rings. The Balaban J connectivity index is 1.68. The Hall–Kier alpha value is -3.75. The van der Waals surface area contributed by atoms with Crippen LogP contribution in [0, 0.1) is 41.5 Å². The SMILES string of the molecule is Cc1cc(C)c(N2C=C(OP(=O)(c3ccccc3)c3ccccc3)N(c3c(C)cc(C)cc3C)C2)c(C)c1. The smallest absolute Gasteiger partial charge is 0.307 e. The van der Waals surface area contributed by atoms with E-state index in [1.54, 1.807) is 0 Å². The molecule has 0 amide bonds. The predicted octanol–water partition coefficient (Wildman–Crippen LogP) is 7.57. The molecule has 0 aromatic heterocycles. The molecule has 4 aromatic rings. The van der Waals surface area contributed by atoms with Crippen molar-refractivity contribution in [3.63, 3.8) is 0 Å². The van der Waals surface area contributed by atoms with Gasteiger partial charge < -0.3 is 9.42 Å². The zero-order valence-corrected chi connectivity index (χ0v) is 23.9. The number of anilines is 2. The molecule has 0 aliphatic carbocycles. The van der Waals surface area contributed by atoms with E-state index in [9.17, 15) is 4.57 Å². The predicted molar refractivity (Wildman–Crippen MR) is 160 cm³/mol. The van der Waals surface area contributed by atoms with Crippen molar-refractivity contribution < 1.29 is 9.09 Å². The Labute approximate surface area is 226 Å². The van der Waals surface area contributed by atoms with E-state index in [1.165, 1.54) is 22.3 Å². The zero-order valence-electron chi connectivity index (χ0n) is 23.0. The number of nitrogens with zero attached hydrogens (tertiary/aromatic N) is 2. The average molecular weight is 523 g/mol. The van der Waals surface area contributed by atoms with Gasteiger partial charge in [0.05, 0.1) is 22.5 Å². The number of hydrogen-bond acceptors (Lipinski definition) is 4. The van der Waals surface area contributed by atoms with E-state index in [4.69, 9.17) is 4.52 Å². The van der Waals surface area contributed by atoms with Crippen molar-refractivity contribution in [2.24, 2.45) is 0 Å². The van der Waals surface area contributed by atoms with Crippen molar-refractivity contribution in [2.75, 3.05) is 16.5 Å². The van der Waals surface area contributed by atoms with Crippen LogP contribution in [0.25, 0.3) is 0 Å². The van der Waals surface area contributed by atoms with Crippen LogP contribution in [0.2, 0.25) is 0 Å². The van der Waals surface area contributed by atoms with E-state index in [0.29, 0.717) is 23.2 Å². The van der Waals surface area contributed by atoms with Gasteiger partial charge in [0.15, 0.2) is 0 Å². The Morgan fingerprint density at radius 3 is 1.50 bits per heavy atom. The summed E-state index contributed by atoms with van der Waals surface area (Å²) in [4.78, 5) is 4.39. The van der Waals surface area contributed by atoms with Gasteiger partial charge in [0.25, 0.3) is 0 Å². The molecule has 0 radical (unpaired) electrons. The summed E-state index contributed by atoms with van der Waals surface area (Å²) < 4.78 is 21.6. The molecule has 5 rings (SSSR count). The third kappa shape index (κ3) is 4.77. The van der Waals surface area contributed by atoms with Crippen LogP contribution in [0.4, 0.5) is 11.4 Å². The molecule has 38 heavy (non-hydrogen) atoms. The highest BCUT2D eigenvalue weighted by molar-refractivity contribution is 7.74. The number of rotatable bonds is 6. The maximum atomic E-state index is 14.9. The highest BCUT2D eigenvalue weighted by Gasteiger charge is 2.36. The fourth-order valence-corrected chi connectivity index (χ4v) is 7.76. The summed E-state index contributed by atoms with van der Waals surface area (Å²) in [5, 5.41) is 1.34. The Kier molecular flexibility index (Phi) is 6.94. The van der Waals surface area contributed by atoms with Crippen molar-refractivity contribution in [1.82, 2.24) is 0 Å². The summed E-state index contributed by atoms with van der Waals surface area (Å²) >= 11 is 0. The van der Waals surface area contributed by atoms with Crippen molar-refractivity contribution >= 4 is 29.4 Å². The first-order valence-electron chi connectivity index (χ1n) is 13.0. The lowest BCUT2D eigenvalue weighted by Gasteiger charge is -2.30. The second-order valence-electron chi connectivity index (χ2n) is 10.3. The Bertz CT molecular complexity index is 1470. The molecule has 1 heterocycles. The summed E-state index contributed by atoms with van der Waals surface area (Å²) in [5.41, 5.74) is 9.41. The minimum atomic E-state index is -3.46. The van der Waals surface area contributed by atoms with Crippen LogP contribution in [-0.2, 0) is 9.09 Å². The van der Waals surface area contributed by atoms with Gasteiger partial charge in [-0.15, -0.1) is 0 Å². The first kappa shape index (κ1) is 25.9. The molecule has 0 fully saturated rings. The monoisotopic (exact) mass is 522 g/mol. The molecule has 1 aliphatic heterocycles. The summed E-state index contributed by atoms with van der Waals surface area (Å²) in [6.45, 7) is 13.4. The molecule has 4 nitrogen and oxygen atoms in total. The fraction of sp³-hybridized carbons (Fsp3) is 0.212. The molecule has 0 saturated heterocycles. The van der Waals surface area contributed by atoms with Crippen molar-refractivity contribution in [3.8, 4) is 0 Å². The van der Waals surface area contributed by atoms with Gasteiger partial charge in [-0.2, -0.15) is 0 Å². The van der Waals surface area contributed by atoms with Gasteiger partial charge in [-0.25, -0.2) is 0 Å². The lowest BCUT2D eigenvalue weighted by Crippen LogP contribution is -2.30. The number of aryl methyl sites for hydroxylation is 6. The summed E-state index contributed by atoms with van der Waals surface area (Å²) in [7, 11) is -3.46. The van der Waals surface area contributed by atoms with E-state index in [2.05, 4.69) is 75.6 Å². The highest BCUT2D eigenvalue weighted by atomic mass is 31.2. The molecular formula is C33H35N2O2P. The third-order valence-electron chi connectivity index (χ3n) is 7.07. The standard InChI is InChI=1S/C33H35N2O2P/c1-23-17-25(3)32(26(4)18-23)34-21-31(35(22-34)33-27(5)19-24(2)20-28(33)6)37-38(36,29-13-9-7-10-14-29)30-15-11-8-12-16-30/h7-21H,22H2,1-6H3. The summed E-state index contributed by atoms with van der Waals surface area (Å²) in [6.07, 6.45) is 2.02. The van der Waals surface area contributed by atoms with Crippen LogP contribution >= 0.6 is 7.37 Å². The summed E-state index contributed by atoms with van der Waals surface area (Å²) in [6, 6.07) is 27.9. The quantitative estimate of drug-likeness (QED) is 0.245. The molecule has 5 heteroatoms. The van der Waals surface area contributed by atoms with Crippen LogP contribution in [-0.4, -0.2) is 6.67 Å². The maximum Gasteiger partial charge on any atom is 0.307 e. The molecular weight excluding hydrogens is 487 g/mol. The molecule has 4 aromatic carbocycles. The first-order valence-corrected chi connectivity index (χ1v) is 14.6. The van der Waals surface area contributed by atoms with E-state index in [0.717, 1.165) is 22.5 Å². The van der Waals surface area contributed by atoms with Crippen molar-refractivity contribution in [1.29, 1.82) is 0 Å². The average Bonchev–Trinajstić information content (AvgIpc) is 3.26. The molecule has 0 atom stereocenters. The van der Waals surface area contributed by atoms with E-state index < -0.39 is 7.37 Å². The van der Waals surface area contributed by atoms with Crippen molar-refractivity contribution in [2.45, 2.75) is 41.5 Å². The third-order valence-corrected chi connectivity index (χ3v) is 9.47. The van der Waals surface area contributed by atoms with E-state index in [1.807, 2.05) is 66.9 Å². The second kappa shape index (κ2) is 10.2. The fourth-order valence-electron chi connectivity index (χ4n) is 5.71. The van der Waals surface area contributed by atoms with Crippen LogP contribution < -0.4 is 20.4 Å². The van der Waals surface area contributed by atoms with Crippen LogP contribution in [0.1, 0.15) is 33.4 Å². The van der Waals surface area contributed by atoms with Gasteiger partial charge in [0.2, 0.25) is 5.88 Å². The second-order valence-corrected chi connectivity index (χ2v) is 12.6. The number of benzene rings is 4. The van der Waals surface area contributed by atoms with Crippen LogP contribution in [0.5, 0.6) is 0 Å². The Morgan fingerprint density at radius 2 is 1.05 bits per heavy atom. The zero-order chi connectivity index (χ0) is 27.0. The van der Waals surface area contributed by atoms with E-state index in [-0.39, 0.29) is 0 Å². The van der Waals surface area contributed by atoms with Gasteiger partial charge in [-0.1, -0.05) is 71.8 Å². The lowest BCUT2D eigenvalue weighted by molar-refractivity contribution is 0.412. The molecule has 0 unspecified atom stereocenters. The van der Waals surface area contributed by atoms with E-state index >= 15 is 0 Å². The minimum absolute atomic E-state index is 0.564. The number of hydrogen-bond donors (Lipinski definition) is 0. The largest absolute Gasteiger partial charge is 0.419 e. The topological polar surface area (TPSA) is 32.8 Å².